The highest BCUT2D eigenvalue weighted by Crippen LogP contribution is 2.38. The van der Waals surface area contributed by atoms with Gasteiger partial charge in [0.15, 0.2) is 8.32 Å². The van der Waals surface area contributed by atoms with E-state index in [0.717, 1.165) is 38.2 Å². The van der Waals surface area contributed by atoms with Crippen molar-refractivity contribution in [2.45, 2.75) is 77.7 Å². The average Bonchev–Trinajstić information content (AvgIpc) is 3.02. The molecule has 0 aromatic heterocycles. The summed E-state index contributed by atoms with van der Waals surface area (Å²) in [6, 6.07) is 6.24. The molecule has 1 aliphatic heterocycles. The molecular weight excluding hydrogens is 421 g/mol. The molecule has 178 valence electrons. The van der Waals surface area contributed by atoms with Crippen LogP contribution in [-0.2, 0) is 4.43 Å². The minimum atomic E-state index is -4.69. The standard InChI is InChI=1S/C23H39F3N2O2Si/c1-17(2)14-27-21(18-9-8-10-19(13-18)29-23(24,25)26)16-28-12-11-20(15-28)30-31(6,7)22(3,4)5/h8-10,13,17,20-21,27H,11-12,14-16H2,1-7H3/t20-,21+/m0/s1. The van der Waals surface area contributed by atoms with Crippen LogP contribution >= 0.6 is 0 Å². The lowest BCUT2D eigenvalue weighted by Gasteiger charge is -2.38. The number of nitrogens with one attached hydrogen (secondary N) is 1. The highest BCUT2D eigenvalue weighted by Gasteiger charge is 2.40. The van der Waals surface area contributed by atoms with Crippen LogP contribution in [0.25, 0.3) is 0 Å². The van der Waals surface area contributed by atoms with Crippen molar-refractivity contribution in [2.24, 2.45) is 5.92 Å². The second kappa shape index (κ2) is 10.2. The molecule has 0 radical (unpaired) electrons. The van der Waals surface area contributed by atoms with E-state index >= 15 is 0 Å². The molecule has 31 heavy (non-hydrogen) atoms. The molecule has 2 rings (SSSR count). The van der Waals surface area contributed by atoms with Crippen molar-refractivity contribution in [1.29, 1.82) is 0 Å². The lowest BCUT2D eigenvalue weighted by atomic mass is 10.0. The Morgan fingerprint density at radius 2 is 1.87 bits per heavy atom. The molecule has 2 atom stereocenters. The second-order valence-electron chi connectivity index (χ2n) is 10.5. The van der Waals surface area contributed by atoms with Gasteiger partial charge in [-0.3, -0.25) is 4.90 Å². The lowest BCUT2D eigenvalue weighted by Crippen LogP contribution is -2.44. The van der Waals surface area contributed by atoms with Crippen molar-refractivity contribution in [3.8, 4) is 5.75 Å². The van der Waals surface area contributed by atoms with E-state index in [0.29, 0.717) is 5.92 Å². The Labute approximate surface area is 186 Å². The van der Waals surface area contributed by atoms with Crippen LogP contribution in [0.15, 0.2) is 24.3 Å². The quantitative estimate of drug-likeness (QED) is 0.461. The maximum atomic E-state index is 12.7. The molecule has 1 heterocycles. The Balaban J connectivity index is 2.08. The summed E-state index contributed by atoms with van der Waals surface area (Å²) < 4.78 is 48.7. The van der Waals surface area contributed by atoms with Crippen LogP contribution in [0.3, 0.4) is 0 Å². The molecule has 0 unspecified atom stereocenters. The van der Waals surface area contributed by atoms with E-state index in [4.69, 9.17) is 4.43 Å². The number of ether oxygens (including phenoxy) is 1. The first-order valence-corrected chi connectivity index (χ1v) is 14.1. The maximum absolute atomic E-state index is 12.7. The Kier molecular flexibility index (Phi) is 8.63. The minimum absolute atomic E-state index is 0.0780. The molecule has 0 spiro atoms. The van der Waals surface area contributed by atoms with Crippen molar-refractivity contribution < 1.29 is 22.3 Å². The number of benzene rings is 1. The summed E-state index contributed by atoms with van der Waals surface area (Å²) in [4.78, 5) is 2.35. The largest absolute Gasteiger partial charge is 0.573 e. The van der Waals surface area contributed by atoms with Gasteiger partial charge >= 0.3 is 6.36 Å². The first-order chi connectivity index (χ1) is 14.2. The summed E-state index contributed by atoms with van der Waals surface area (Å²) in [6.45, 7) is 18.8. The van der Waals surface area contributed by atoms with Gasteiger partial charge in [0.2, 0.25) is 0 Å². The summed E-state index contributed by atoms with van der Waals surface area (Å²) in [5, 5.41) is 3.70. The van der Waals surface area contributed by atoms with Gasteiger partial charge in [0.25, 0.3) is 0 Å². The third-order valence-corrected chi connectivity index (χ3v) is 10.7. The molecule has 1 aromatic carbocycles. The summed E-state index contributed by atoms with van der Waals surface area (Å²) >= 11 is 0. The predicted molar refractivity (Wildman–Crippen MR) is 122 cm³/mol. The Morgan fingerprint density at radius 3 is 2.45 bits per heavy atom. The van der Waals surface area contributed by atoms with Crippen molar-refractivity contribution in [1.82, 2.24) is 10.2 Å². The molecule has 4 nitrogen and oxygen atoms in total. The summed E-state index contributed by atoms with van der Waals surface area (Å²) in [6.07, 6.45) is -3.49. The smallest absolute Gasteiger partial charge is 0.413 e. The van der Waals surface area contributed by atoms with Crippen molar-refractivity contribution in [2.75, 3.05) is 26.2 Å². The van der Waals surface area contributed by atoms with Gasteiger partial charge < -0.3 is 14.5 Å². The Bertz CT molecular complexity index is 705. The monoisotopic (exact) mass is 460 g/mol. The first kappa shape index (κ1) is 26.2. The van der Waals surface area contributed by atoms with Crippen LogP contribution in [0.2, 0.25) is 18.1 Å². The van der Waals surface area contributed by atoms with Gasteiger partial charge in [-0.2, -0.15) is 0 Å². The highest BCUT2D eigenvalue weighted by atomic mass is 28.4. The van der Waals surface area contributed by atoms with Crippen molar-refractivity contribution in [3.05, 3.63) is 29.8 Å². The van der Waals surface area contributed by atoms with Gasteiger partial charge in [-0.05, 0) is 54.7 Å². The van der Waals surface area contributed by atoms with Crippen molar-refractivity contribution >= 4 is 8.32 Å². The van der Waals surface area contributed by atoms with Gasteiger partial charge in [0.05, 0.1) is 6.10 Å². The zero-order chi connectivity index (χ0) is 23.4. The molecule has 8 heteroatoms. The fraction of sp³-hybridized carbons (Fsp3) is 0.739. The van der Waals surface area contributed by atoms with E-state index in [1.807, 2.05) is 6.07 Å². The average molecular weight is 461 g/mol. The van der Waals surface area contributed by atoms with Gasteiger partial charge in [0, 0.05) is 25.7 Å². The van der Waals surface area contributed by atoms with Crippen LogP contribution in [-0.4, -0.2) is 51.9 Å². The van der Waals surface area contributed by atoms with Crippen LogP contribution < -0.4 is 10.1 Å². The van der Waals surface area contributed by atoms with Gasteiger partial charge in [-0.25, -0.2) is 0 Å². The molecule has 1 N–H and O–H groups in total. The number of halogens is 3. The van der Waals surface area contributed by atoms with Crippen LogP contribution in [0.1, 0.15) is 52.6 Å². The number of nitrogens with zero attached hydrogens (tertiary/aromatic N) is 1. The molecule has 0 bridgehead atoms. The van der Waals surface area contributed by atoms with Gasteiger partial charge in [-0.15, -0.1) is 13.2 Å². The van der Waals surface area contributed by atoms with Crippen molar-refractivity contribution in [3.63, 3.8) is 0 Å². The topological polar surface area (TPSA) is 33.7 Å². The molecule has 1 fully saturated rings. The Hall–Kier alpha value is -1.09. The van der Waals surface area contributed by atoms with Crippen LogP contribution in [0.5, 0.6) is 5.75 Å². The number of hydrogen-bond acceptors (Lipinski definition) is 4. The molecule has 1 saturated heterocycles. The van der Waals surface area contributed by atoms with Gasteiger partial charge in [-0.1, -0.05) is 46.8 Å². The third-order valence-electron chi connectivity index (χ3n) is 6.20. The molecule has 1 aromatic rings. The maximum Gasteiger partial charge on any atom is 0.573 e. The summed E-state index contributed by atoms with van der Waals surface area (Å²) in [5.41, 5.74) is 0.802. The van der Waals surface area contributed by atoms with Crippen LogP contribution in [0.4, 0.5) is 13.2 Å². The third kappa shape index (κ3) is 8.40. The Morgan fingerprint density at radius 1 is 1.19 bits per heavy atom. The van der Waals surface area contributed by atoms with Gasteiger partial charge in [0.1, 0.15) is 5.75 Å². The molecule has 0 saturated carbocycles. The van der Waals surface area contributed by atoms with E-state index < -0.39 is 14.7 Å². The summed E-state index contributed by atoms with van der Waals surface area (Å²) in [5.74, 6) is 0.257. The lowest BCUT2D eigenvalue weighted by molar-refractivity contribution is -0.274. The van der Waals surface area contributed by atoms with E-state index in [2.05, 4.69) is 62.7 Å². The predicted octanol–water partition coefficient (Wildman–Crippen LogP) is 5.97. The molecule has 0 amide bonds. The fourth-order valence-corrected chi connectivity index (χ4v) is 4.88. The normalized spacial score (nSPS) is 19.8. The molecule has 0 aliphatic carbocycles. The van der Waals surface area contributed by atoms with E-state index in [1.165, 1.54) is 12.1 Å². The molecular formula is C23H39F3N2O2Si. The zero-order valence-corrected chi connectivity index (χ0v) is 21.0. The number of rotatable bonds is 9. The second-order valence-corrected chi connectivity index (χ2v) is 15.3. The van der Waals surface area contributed by atoms with E-state index in [9.17, 15) is 13.2 Å². The SMILES string of the molecule is CC(C)CN[C@H](CN1CC[C@H](O[Si](C)(C)C(C)(C)C)C1)c1cccc(OC(F)(F)F)c1. The number of alkyl halides is 3. The minimum Gasteiger partial charge on any atom is -0.413 e. The number of hydrogen-bond donors (Lipinski definition) is 1. The summed E-state index contributed by atoms with van der Waals surface area (Å²) in [7, 11) is -1.83. The zero-order valence-electron chi connectivity index (χ0n) is 20.0. The highest BCUT2D eigenvalue weighted by molar-refractivity contribution is 6.74. The first-order valence-electron chi connectivity index (χ1n) is 11.2. The molecule has 1 aliphatic rings. The van der Waals surface area contributed by atoms with E-state index in [-0.39, 0.29) is 22.9 Å². The fourth-order valence-electron chi connectivity index (χ4n) is 3.50. The van der Waals surface area contributed by atoms with E-state index in [1.54, 1.807) is 6.07 Å². The number of likely N-dealkylation sites (tertiary alicyclic amines) is 1. The van der Waals surface area contributed by atoms with Crippen LogP contribution in [0, 0.1) is 5.92 Å².